The van der Waals surface area contributed by atoms with Gasteiger partial charge in [-0.05, 0) is 51.4 Å². The summed E-state index contributed by atoms with van der Waals surface area (Å²) in [5.74, 6) is -2.94. The predicted molar refractivity (Wildman–Crippen MR) is 166 cm³/mol. The van der Waals surface area contributed by atoms with Crippen LogP contribution in [-0.4, -0.2) is 66.4 Å². The van der Waals surface area contributed by atoms with E-state index in [0.717, 1.165) is 25.7 Å². The topological polar surface area (TPSA) is 264 Å². The highest BCUT2D eigenvalue weighted by atomic mass is 16.2. The van der Waals surface area contributed by atoms with Crippen LogP contribution in [0, 0.1) is 17.8 Å². The molecule has 0 bridgehead atoms. The average molecular weight is 608 g/mol. The van der Waals surface area contributed by atoms with Crippen molar-refractivity contribution in [2.24, 2.45) is 56.4 Å². The molecule has 0 radical (unpaired) electrons. The molecule has 3 amide bonds. The molecule has 0 aromatic heterocycles. The number of carbonyl (C=O) groups excluding carboxylic acids is 5. The van der Waals surface area contributed by atoms with Gasteiger partial charge in [0, 0.05) is 37.8 Å². The van der Waals surface area contributed by atoms with Gasteiger partial charge >= 0.3 is 0 Å². The number of nitrogens with one attached hydrogen (secondary N) is 2. The summed E-state index contributed by atoms with van der Waals surface area (Å²) in [4.78, 5) is 71.8. The molecule has 1 aliphatic carbocycles. The first kappa shape index (κ1) is 37.3. The quantitative estimate of drug-likeness (QED) is 0.0529. The number of Topliss-reactive ketones (excluding diaryl/α,β-unsaturated/α-hetero) is 2. The third-order valence-electron chi connectivity index (χ3n) is 7.85. The molecule has 14 nitrogen and oxygen atoms in total. The second-order valence-electron chi connectivity index (χ2n) is 11.6. The molecule has 0 aromatic carbocycles. The summed E-state index contributed by atoms with van der Waals surface area (Å²) in [6, 6.07) is -1.66. The van der Waals surface area contributed by atoms with Crippen molar-refractivity contribution >= 4 is 41.2 Å². The summed E-state index contributed by atoms with van der Waals surface area (Å²) < 4.78 is 0. The van der Waals surface area contributed by atoms with Crippen molar-refractivity contribution in [3.63, 3.8) is 0 Å². The maximum Gasteiger partial charge on any atom is 0.224 e. The number of primary amides is 1. The summed E-state index contributed by atoms with van der Waals surface area (Å²) in [6.45, 7) is 3.80. The van der Waals surface area contributed by atoms with E-state index >= 15 is 0 Å². The lowest BCUT2D eigenvalue weighted by atomic mass is 9.84. The molecular weight excluding hydrogens is 554 g/mol. The maximum absolute atomic E-state index is 13.5. The lowest BCUT2D eigenvalue weighted by molar-refractivity contribution is -0.134. The van der Waals surface area contributed by atoms with Crippen molar-refractivity contribution in [2.75, 3.05) is 13.1 Å². The Balaban J connectivity index is 3.01. The van der Waals surface area contributed by atoms with Crippen LogP contribution in [0.1, 0.15) is 97.3 Å². The second kappa shape index (κ2) is 20.2. The Labute approximate surface area is 254 Å². The number of guanidine groups is 2. The zero-order chi connectivity index (χ0) is 32.4. The highest BCUT2D eigenvalue weighted by molar-refractivity contribution is 5.94. The number of aliphatic imine (C=N–C) groups is 2. The van der Waals surface area contributed by atoms with Crippen molar-refractivity contribution < 1.29 is 24.0 Å². The fourth-order valence-electron chi connectivity index (χ4n) is 5.28. The molecule has 0 spiro atoms. The molecule has 0 unspecified atom stereocenters. The van der Waals surface area contributed by atoms with Gasteiger partial charge in [-0.25, -0.2) is 0 Å². The van der Waals surface area contributed by atoms with Gasteiger partial charge in [-0.15, -0.1) is 0 Å². The Morgan fingerprint density at radius 1 is 0.767 bits per heavy atom. The van der Waals surface area contributed by atoms with Crippen LogP contribution in [0.4, 0.5) is 0 Å². The molecular formula is C29H53N9O5. The summed E-state index contributed by atoms with van der Waals surface area (Å²) in [7, 11) is 0. The molecule has 1 fully saturated rings. The van der Waals surface area contributed by atoms with E-state index in [0.29, 0.717) is 38.1 Å². The molecule has 12 N–H and O–H groups in total. The SMILES string of the molecule is CC(=O)[C@H](CC1CCCCC1)NC(=O)[C@H](CCCN=C(N)N)CC(=O)[C@H](CCC(N)=O)NC(=O)[C@@H](C)CCCN=C(N)N. The van der Waals surface area contributed by atoms with Gasteiger partial charge < -0.3 is 39.3 Å². The van der Waals surface area contributed by atoms with Crippen LogP contribution in [0.2, 0.25) is 0 Å². The van der Waals surface area contributed by atoms with Crippen LogP contribution < -0.4 is 39.3 Å². The molecule has 14 heteroatoms. The molecule has 1 saturated carbocycles. The van der Waals surface area contributed by atoms with Gasteiger partial charge in [-0.2, -0.15) is 0 Å². The third kappa shape index (κ3) is 16.5. The van der Waals surface area contributed by atoms with Crippen molar-refractivity contribution in [2.45, 2.75) is 109 Å². The van der Waals surface area contributed by atoms with Crippen molar-refractivity contribution in [1.29, 1.82) is 0 Å². The maximum atomic E-state index is 13.5. The number of amides is 3. The number of nitrogens with two attached hydrogens (primary N) is 5. The number of rotatable bonds is 21. The first-order valence-electron chi connectivity index (χ1n) is 15.3. The Morgan fingerprint density at radius 2 is 1.33 bits per heavy atom. The van der Waals surface area contributed by atoms with E-state index in [4.69, 9.17) is 28.7 Å². The van der Waals surface area contributed by atoms with Gasteiger partial charge in [0.1, 0.15) is 0 Å². The minimum absolute atomic E-state index is 0.000712. The number of nitrogens with zero attached hydrogens (tertiary/aromatic N) is 2. The zero-order valence-electron chi connectivity index (χ0n) is 25.8. The van der Waals surface area contributed by atoms with E-state index in [9.17, 15) is 24.0 Å². The van der Waals surface area contributed by atoms with E-state index in [2.05, 4.69) is 20.6 Å². The summed E-state index contributed by atoms with van der Waals surface area (Å²) in [6.07, 6.45) is 7.41. The molecule has 0 saturated heterocycles. The highest BCUT2D eigenvalue weighted by Crippen LogP contribution is 2.28. The van der Waals surface area contributed by atoms with E-state index in [1.54, 1.807) is 6.92 Å². The zero-order valence-corrected chi connectivity index (χ0v) is 25.8. The molecule has 1 rings (SSSR count). The monoisotopic (exact) mass is 607 g/mol. The average Bonchev–Trinajstić information content (AvgIpc) is 2.94. The van der Waals surface area contributed by atoms with Crippen LogP contribution in [-0.2, 0) is 24.0 Å². The minimum atomic E-state index is -1.01. The number of ketones is 2. The van der Waals surface area contributed by atoms with Gasteiger partial charge in [0.25, 0.3) is 0 Å². The van der Waals surface area contributed by atoms with Gasteiger partial charge in [0.15, 0.2) is 23.5 Å². The van der Waals surface area contributed by atoms with Crippen LogP contribution in [0.5, 0.6) is 0 Å². The number of carbonyl (C=O) groups is 5. The van der Waals surface area contributed by atoms with Crippen molar-refractivity contribution in [3.05, 3.63) is 0 Å². The standard InChI is InChI=1S/C29H53N9O5/c1-18(8-6-14-35-28(31)32)26(42)37-22(12-13-25(30)41)24(40)17-21(11-7-15-36-29(33)34)27(43)38-23(19(2)39)16-20-9-4-3-5-10-20/h18,20-23H,3-17H2,1-2H3,(H2,30,41)(H,37,42)(H,38,43)(H4,31,32,35)(H4,33,34,36)/t18-,21+,22-,23-/m0/s1. The van der Waals surface area contributed by atoms with Crippen LogP contribution in [0.3, 0.4) is 0 Å². The Hall–Kier alpha value is -3.71. The van der Waals surface area contributed by atoms with Gasteiger partial charge in [-0.3, -0.25) is 34.0 Å². The molecule has 0 aromatic rings. The summed E-state index contributed by atoms with van der Waals surface area (Å²) >= 11 is 0. The Kier molecular flexibility index (Phi) is 17.6. The molecule has 4 atom stereocenters. The summed E-state index contributed by atoms with van der Waals surface area (Å²) in [5, 5.41) is 5.63. The smallest absolute Gasteiger partial charge is 0.224 e. The van der Waals surface area contributed by atoms with E-state index < -0.39 is 41.5 Å². The van der Waals surface area contributed by atoms with E-state index in [1.807, 2.05) is 0 Å². The lowest BCUT2D eigenvalue weighted by Crippen LogP contribution is -2.47. The lowest BCUT2D eigenvalue weighted by Gasteiger charge is -2.27. The molecule has 43 heavy (non-hydrogen) atoms. The van der Waals surface area contributed by atoms with Crippen LogP contribution in [0.15, 0.2) is 9.98 Å². The van der Waals surface area contributed by atoms with Crippen LogP contribution >= 0.6 is 0 Å². The number of hydrogen-bond acceptors (Lipinski definition) is 7. The molecule has 1 aliphatic rings. The third-order valence-corrected chi connectivity index (χ3v) is 7.85. The minimum Gasteiger partial charge on any atom is -0.370 e. The first-order valence-corrected chi connectivity index (χ1v) is 15.3. The first-order chi connectivity index (χ1) is 20.3. The molecule has 0 heterocycles. The van der Waals surface area contributed by atoms with E-state index in [1.165, 1.54) is 13.3 Å². The van der Waals surface area contributed by atoms with Gasteiger partial charge in [0.05, 0.1) is 12.1 Å². The summed E-state index contributed by atoms with van der Waals surface area (Å²) in [5.41, 5.74) is 26.8. The second-order valence-corrected chi connectivity index (χ2v) is 11.6. The molecule has 244 valence electrons. The van der Waals surface area contributed by atoms with Crippen molar-refractivity contribution in [1.82, 2.24) is 10.6 Å². The van der Waals surface area contributed by atoms with Gasteiger partial charge in [0.2, 0.25) is 17.7 Å². The Bertz CT molecular complexity index is 987. The molecule has 0 aliphatic heterocycles. The van der Waals surface area contributed by atoms with E-state index in [-0.39, 0.29) is 55.8 Å². The normalized spacial score (nSPS) is 16.1. The predicted octanol–water partition coefficient (Wildman–Crippen LogP) is 0.0996. The van der Waals surface area contributed by atoms with Gasteiger partial charge in [-0.1, -0.05) is 39.0 Å². The highest BCUT2D eigenvalue weighted by Gasteiger charge is 2.31. The Morgan fingerprint density at radius 3 is 1.86 bits per heavy atom. The van der Waals surface area contributed by atoms with Crippen LogP contribution in [0.25, 0.3) is 0 Å². The largest absolute Gasteiger partial charge is 0.370 e. The fraction of sp³-hybridized carbons (Fsp3) is 0.759. The number of hydrogen-bond donors (Lipinski definition) is 7. The van der Waals surface area contributed by atoms with Crippen molar-refractivity contribution in [3.8, 4) is 0 Å². The fourth-order valence-corrected chi connectivity index (χ4v) is 5.28.